The van der Waals surface area contributed by atoms with E-state index in [2.05, 4.69) is 10.3 Å². The molecule has 24 heavy (non-hydrogen) atoms. The maximum atomic E-state index is 12.6. The number of rotatable bonds is 4. The number of carbonyl (C=O) groups excluding carboxylic acids is 1. The third kappa shape index (κ3) is 2.44. The van der Waals surface area contributed by atoms with Crippen molar-refractivity contribution in [2.75, 3.05) is 7.11 Å². The summed E-state index contributed by atoms with van der Waals surface area (Å²) < 4.78 is 13.3. The smallest absolute Gasteiger partial charge is 0.243 e. The number of para-hydroxylation sites is 1. The molecule has 1 aliphatic heterocycles. The van der Waals surface area contributed by atoms with Gasteiger partial charge in [0.05, 0.1) is 19.0 Å². The largest absolute Gasteiger partial charge is 0.492 e. The summed E-state index contributed by atoms with van der Waals surface area (Å²) in [5.41, 5.74) is 0.758. The number of hydrogen-bond donors (Lipinski definition) is 1. The number of furan rings is 1. The molecule has 1 atom stereocenters. The number of fused-ring (bicyclic) bond motifs is 2. The first kappa shape index (κ1) is 14.8. The highest BCUT2D eigenvalue weighted by Crippen LogP contribution is 2.33. The van der Waals surface area contributed by atoms with Crippen molar-refractivity contribution < 1.29 is 13.9 Å². The second-order valence-electron chi connectivity index (χ2n) is 5.93. The quantitative estimate of drug-likeness (QED) is 0.801. The molecule has 0 bridgehead atoms. The summed E-state index contributed by atoms with van der Waals surface area (Å²) in [4.78, 5) is 16.9. The minimum absolute atomic E-state index is 0.0172. The van der Waals surface area contributed by atoms with Crippen molar-refractivity contribution in [2.45, 2.75) is 31.8 Å². The molecule has 1 amide bonds. The van der Waals surface area contributed by atoms with E-state index in [4.69, 9.17) is 9.15 Å². The van der Waals surface area contributed by atoms with Gasteiger partial charge in [-0.25, -0.2) is 4.98 Å². The van der Waals surface area contributed by atoms with Gasteiger partial charge in [-0.05, 0) is 25.0 Å². The van der Waals surface area contributed by atoms with Gasteiger partial charge in [0.15, 0.2) is 11.5 Å². The number of methoxy groups -OCH3 is 1. The van der Waals surface area contributed by atoms with E-state index in [0.717, 1.165) is 36.1 Å². The van der Waals surface area contributed by atoms with Crippen LogP contribution in [0.15, 0.2) is 41.1 Å². The normalized spacial score (nSPS) is 16.8. The zero-order valence-electron chi connectivity index (χ0n) is 13.5. The topological polar surface area (TPSA) is 69.3 Å². The van der Waals surface area contributed by atoms with E-state index in [1.165, 1.54) is 0 Å². The van der Waals surface area contributed by atoms with E-state index < -0.39 is 0 Å². The molecule has 0 aliphatic carbocycles. The average molecular weight is 325 g/mol. The molecule has 1 unspecified atom stereocenters. The Hall–Kier alpha value is -2.76. The van der Waals surface area contributed by atoms with E-state index >= 15 is 0 Å². The Morgan fingerprint density at radius 1 is 1.46 bits per heavy atom. The highest BCUT2D eigenvalue weighted by atomic mass is 16.5. The molecule has 2 aromatic heterocycles. The predicted octanol–water partition coefficient (Wildman–Crippen LogP) is 2.83. The SMILES string of the molecule is COc1c(CNC(=O)C2CCCc3nccn32)oc2ccccc12. The fourth-order valence-corrected chi connectivity index (χ4v) is 3.37. The van der Waals surface area contributed by atoms with Crippen molar-refractivity contribution in [3.05, 3.63) is 48.2 Å². The second-order valence-corrected chi connectivity index (χ2v) is 5.93. The van der Waals surface area contributed by atoms with Crippen LogP contribution >= 0.6 is 0 Å². The third-order valence-electron chi connectivity index (χ3n) is 4.51. The standard InChI is InChI=1S/C18H19N3O3/c1-23-17-12-5-2-3-7-14(12)24-15(17)11-20-18(22)13-6-4-8-16-19-9-10-21(13)16/h2-3,5,7,9-10,13H,4,6,8,11H2,1H3,(H,20,22). The van der Waals surface area contributed by atoms with Gasteiger partial charge in [0, 0.05) is 18.8 Å². The van der Waals surface area contributed by atoms with Crippen LogP contribution in [0.2, 0.25) is 0 Å². The minimum Gasteiger partial charge on any atom is -0.492 e. The maximum absolute atomic E-state index is 12.6. The molecule has 6 heteroatoms. The lowest BCUT2D eigenvalue weighted by atomic mass is 10.0. The Morgan fingerprint density at radius 3 is 3.21 bits per heavy atom. The number of nitrogens with zero attached hydrogens (tertiary/aromatic N) is 2. The van der Waals surface area contributed by atoms with E-state index in [9.17, 15) is 4.79 Å². The fourth-order valence-electron chi connectivity index (χ4n) is 3.37. The minimum atomic E-state index is -0.202. The highest BCUT2D eigenvalue weighted by molar-refractivity contribution is 5.86. The molecule has 1 aromatic carbocycles. The summed E-state index contributed by atoms with van der Waals surface area (Å²) in [5, 5.41) is 3.89. The molecule has 0 saturated carbocycles. The summed E-state index contributed by atoms with van der Waals surface area (Å²) in [7, 11) is 1.61. The highest BCUT2D eigenvalue weighted by Gasteiger charge is 2.26. The number of hydrogen-bond acceptors (Lipinski definition) is 4. The number of aromatic nitrogens is 2. The molecule has 1 N–H and O–H groups in total. The lowest BCUT2D eigenvalue weighted by Gasteiger charge is -2.24. The molecule has 0 saturated heterocycles. The fraction of sp³-hybridized carbons (Fsp3) is 0.333. The van der Waals surface area contributed by atoms with Crippen molar-refractivity contribution in [1.29, 1.82) is 0 Å². The lowest BCUT2D eigenvalue weighted by Crippen LogP contribution is -2.34. The Morgan fingerprint density at radius 2 is 2.33 bits per heavy atom. The van der Waals surface area contributed by atoms with Crippen LogP contribution in [-0.2, 0) is 17.8 Å². The summed E-state index contributed by atoms with van der Waals surface area (Å²) in [6.45, 7) is 0.303. The summed E-state index contributed by atoms with van der Waals surface area (Å²) in [6.07, 6.45) is 6.35. The molecule has 3 aromatic rings. The first-order valence-electron chi connectivity index (χ1n) is 8.11. The molecule has 6 nitrogen and oxygen atoms in total. The average Bonchev–Trinajstić information content (AvgIpc) is 3.22. The van der Waals surface area contributed by atoms with E-state index in [0.29, 0.717) is 18.1 Å². The number of benzene rings is 1. The number of imidazole rings is 1. The molecular weight excluding hydrogens is 306 g/mol. The van der Waals surface area contributed by atoms with Gasteiger partial charge < -0.3 is 19.0 Å². The van der Waals surface area contributed by atoms with Crippen LogP contribution in [0.3, 0.4) is 0 Å². The van der Waals surface area contributed by atoms with E-state index in [1.807, 2.05) is 35.0 Å². The number of aryl methyl sites for hydroxylation is 1. The van der Waals surface area contributed by atoms with Gasteiger partial charge in [-0.3, -0.25) is 4.79 Å². The molecule has 3 heterocycles. The Kier molecular flexibility index (Phi) is 3.72. The molecule has 0 radical (unpaired) electrons. The van der Waals surface area contributed by atoms with Crippen LogP contribution in [0.25, 0.3) is 11.0 Å². The van der Waals surface area contributed by atoms with E-state index in [-0.39, 0.29) is 11.9 Å². The first-order chi connectivity index (χ1) is 11.8. The first-order valence-corrected chi connectivity index (χ1v) is 8.11. The van der Waals surface area contributed by atoms with Crippen molar-refractivity contribution in [3.8, 4) is 5.75 Å². The summed E-state index contributed by atoms with van der Waals surface area (Å²) >= 11 is 0. The lowest BCUT2D eigenvalue weighted by molar-refractivity contribution is -0.125. The maximum Gasteiger partial charge on any atom is 0.243 e. The van der Waals surface area contributed by atoms with Gasteiger partial charge in [-0.2, -0.15) is 0 Å². The molecule has 1 aliphatic rings. The van der Waals surface area contributed by atoms with Crippen molar-refractivity contribution in [2.24, 2.45) is 0 Å². The molecular formula is C18H19N3O3. The Balaban J connectivity index is 1.53. The van der Waals surface area contributed by atoms with Crippen LogP contribution in [0.4, 0.5) is 0 Å². The van der Waals surface area contributed by atoms with Crippen LogP contribution in [0.5, 0.6) is 5.75 Å². The van der Waals surface area contributed by atoms with Crippen LogP contribution in [0.1, 0.15) is 30.5 Å². The zero-order valence-corrected chi connectivity index (χ0v) is 13.5. The predicted molar refractivity (Wildman–Crippen MR) is 88.8 cm³/mol. The molecule has 124 valence electrons. The monoisotopic (exact) mass is 325 g/mol. The van der Waals surface area contributed by atoms with Crippen LogP contribution in [0, 0.1) is 0 Å². The van der Waals surface area contributed by atoms with Gasteiger partial charge in [0.2, 0.25) is 5.91 Å². The van der Waals surface area contributed by atoms with Crippen LogP contribution in [-0.4, -0.2) is 22.6 Å². The second kappa shape index (κ2) is 6.03. The van der Waals surface area contributed by atoms with E-state index in [1.54, 1.807) is 13.3 Å². The Labute approximate surface area is 139 Å². The van der Waals surface area contributed by atoms with Crippen LogP contribution < -0.4 is 10.1 Å². The van der Waals surface area contributed by atoms with Crippen molar-refractivity contribution in [1.82, 2.24) is 14.9 Å². The zero-order chi connectivity index (χ0) is 16.5. The number of ether oxygens (including phenoxy) is 1. The molecule has 0 spiro atoms. The third-order valence-corrected chi connectivity index (χ3v) is 4.51. The summed E-state index contributed by atoms with van der Waals surface area (Å²) in [6, 6.07) is 7.48. The number of amides is 1. The summed E-state index contributed by atoms with van der Waals surface area (Å²) in [5.74, 6) is 2.27. The van der Waals surface area contributed by atoms with Gasteiger partial charge in [0.1, 0.15) is 17.4 Å². The van der Waals surface area contributed by atoms with Crippen molar-refractivity contribution in [3.63, 3.8) is 0 Å². The molecule has 4 rings (SSSR count). The number of nitrogens with one attached hydrogen (secondary N) is 1. The van der Waals surface area contributed by atoms with Gasteiger partial charge in [-0.1, -0.05) is 12.1 Å². The van der Waals surface area contributed by atoms with Crippen molar-refractivity contribution >= 4 is 16.9 Å². The van der Waals surface area contributed by atoms with Gasteiger partial charge >= 0.3 is 0 Å². The van der Waals surface area contributed by atoms with Gasteiger partial charge in [0.25, 0.3) is 0 Å². The Bertz CT molecular complexity index is 881. The molecule has 0 fully saturated rings. The number of carbonyl (C=O) groups is 1. The van der Waals surface area contributed by atoms with Gasteiger partial charge in [-0.15, -0.1) is 0 Å².